The van der Waals surface area contributed by atoms with Gasteiger partial charge in [-0.05, 0) is 13.8 Å². The van der Waals surface area contributed by atoms with Crippen molar-refractivity contribution in [1.29, 1.82) is 0 Å². The Morgan fingerprint density at radius 1 is 1.26 bits per heavy atom. The Bertz CT molecular complexity index is 628. The van der Waals surface area contributed by atoms with Gasteiger partial charge in [-0.3, -0.25) is 4.90 Å². The average Bonchev–Trinajstić information content (AvgIpc) is 3.07. The zero-order valence-corrected chi connectivity index (χ0v) is 16.7. The summed E-state index contributed by atoms with van der Waals surface area (Å²) in [6, 6.07) is -1.43. The number of nitrogens with zero attached hydrogens (tertiary/aromatic N) is 4. The van der Waals surface area contributed by atoms with Gasteiger partial charge in [-0.1, -0.05) is 20.8 Å². The molecule has 0 amide bonds. The molecule has 1 fully saturated rings. The first-order valence-corrected chi connectivity index (χ1v) is 9.31. The minimum absolute atomic E-state index is 0.120. The van der Waals surface area contributed by atoms with Gasteiger partial charge in [0.2, 0.25) is 5.89 Å². The lowest BCUT2D eigenvalue weighted by atomic mass is 9.94. The van der Waals surface area contributed by atoms with Crippen LogP contribution in [0.25, 0.3) is 0 Å². The van der Waals surface area contributed by atoms with E-state index >= 15 is 0 Å². The van der Waals surface area contributed by atoms with Crippen molar-refractivity contribution in [3.05, 3.63) is 17.8 Å². The molecule has 0 spiro atoms. The third-order valence-corrected chi connectivity index (χ3v) is 4.63. The number of alkyl halides is 3. The fourth-order valence-corrected chi connectivity index (χ4v) is 2.83. The molecule has 9 heteroatoms. The number of halogens is 3. The van der Waals surface area contributed by atoms with E-state index in [2.05, 4.69) is 15.3 Å². The Kier molecular flexibility index (Phi) is 6.77. The standard InChI is InChI=1S/C18H30F3N5O/c1-6-22-16(24-12-15-23-11-14(27-15)17(3,4)5)26-9-7-25(8-10-26)13(2)18(19,20)21/h11,13H,6-10,12H2,1-5H3,(H,22,24). The predicted octanol–water partition coefficient (Wildman–Crippen LogP) is 3.01. The van der Waals surface area contributed by atoms with E-state index in [1.54, 1.807) is 6.20 Å². The first kappa shape index (κ1) is 21.5. The molecule has 1 atom stereocenters. The number of guanidine groups is 1. The predicted molar refractivity (Wildman–Crippen MR) is 98.7 cm³/mol. The van der Waals surface area contributed by atoms with Crippen molar-refractivity contribution in [3.63, 3.8) is 0 Å². The van der Waals surface area contributed by atoms with Gasteiger partial charge in [-0.2, -0.15) is 13.2 Å². The Morgan fingerprint density at radius 3 is 2.37 bits per heavy atom. The van der Waals surface area contributed by atoms with E-state index in [4.69, 9.17) is 4.42 Å². The van der Waals surface area contributed by atoms with Crippen LogP contribution in [0.15, 0.2) is 15.6 Å². The molecule has 1 aliphatic heterocycles. The molecule has 1 saturated heterocycles. The van der Waals surface area contributed by atoms with Crippen molar-refractivity contribution in [1.82, 2.24) is 20.1 Å². The Labute approximate surface area is 158 Å². The lowest BCUT2D eigenvalue weighted by molar-refractivity contribution is -0.181. The van der Waals surface area contributed by atoms with Crippen LogP contribution in [0.4, 0.5) is 13.2 Å². The van der Waals surface area contributed by atoms with Crippen LogP contribution in [0.1, 0.15) is 46.3 Å². The van der Waals surface area contributed by atoms with Gasteiger partial charge in [-0.15, -0.1) is 0 Å². The van der Waals surface area contributed by atoms with Gasteiger partial charge in [-0.25, -0.2) is 9.98 Å². The fourth-order valence-electron chi connectivity index (χ4n) is 2.83. The number of oxazole rings is 1. The molecule has 27 heavy (non-hydrogen) atoms. The molecule has 1 aromatic heterocycles. The fraction of sp³-hybridized carbons (Fsp3) is 0.778. The van der Waals surface area contributed by atoms with Crippen LogP contribution in [-0.4, -0.2) is 65.7 Å². The molecule has 6 nitrogen and oxygen atoms in total. The first-order chi connectivity index (χ1) is 12.5. The van der Waals surface area contributed by atoms with E-state index in [1.165, 1.54) is 11.8 Å². The minimum Gasteiger partial charge on any atom is -0.443 e. The normalized spacial score (nSPS) is 18.7. The van der Waals surface area contributed by atoms with Crippen LogP contribution in [0.3, 0.4) is 0 Å². The van der Waals surface area contributed by atoms with E-state index < -0.39 is 12.2 Å². The molecule has 0 aliphatic carbocycles. The monoisotopic (exact) mass is 389 g/mol. The summed E-state index contributed by atoms with van der Waals surface area (Å²) in [6.07, 6.45) is -2.48. The van der Waals surface area contributed by atoms with Crippen molar-refractivity contribution in [2.75, 3.05) is 32.7 Å². The van der Waals surface area contributed by atoms with E-state index in [1.807, 2.05) is 32.6 Å². The van der Waals surface area contributed by atoms with Crippen LogP contribution in [0.5, 0.6) is 0 Å². The van der Waals surface area contributed by atoms with Crippen molar-refractivity contribution in [3.8, 4) is 0 Å². The molecule has 1 unspecified atom stereocenters. The number of hydrogen-bond donors (Lipinski definition) is 1. The van der Waals surface area contributed by atoms with Crippen molar-refractivity contribution < 1.29 is 17.6 Å². The van der Waals surface area contributed by atoms with Crippen molar-refractivity contribution in [2.45, 2.75) is 58.8 Å². The number of nitrogens with one attached hydrogen (secondary N) is 1. The Morgan fingerprint density at radius 2 is 1.89 bits per heavy atom. The van der Waals surface area contributed by atoms with Gasteiger partial charge < -0.3 is 14.6 Å². The minimum atomic E-state index is -4.20. The van der Waals surface area contributed by atoms with Crippen LogP contribution < -0.4 is 5.32 Å². The van der Waals surface area contributed by atoms with Gasteiger partial charge >= 0.3 is 6.18 Å². The average molecular weight is 389 g/mol. The third-order valence-electron chi connectivity index (χ3n) is 4.63. The maximum atomic E-state index is 12.9. The lowest BCUT2D eigenvalue weighted by Gasteiger charge is -2.39. The van der Waals surface area contributed by atoms with Gasteiger partial charge in [0.25, 0.3) is 0 Å². The van der Waals surface area contributed by atoms with Gasteiger partial charge in [0, 0.05) is 38.1 Å². The highest BCUT2D eigenvalue weighted by atomic mass is 19.4. The zero-order chi connectivity index (χ0) is 20.2. The van der Waals surface area contributed by atoms with Gasteiger partial charge in [0.05, 0.1) is 6.20 Å². The highest BCUT2D eigenvalue weighted by Gasteiger charge is 2.41. The van der Waals surface area contributed by atoms with Crippen LogP contribution in [0, 0.1) is 0 Å². The molecule has 0 saturated carbocycles. The summed E-state index contributed by atoms with van der Waals surface area (Å²) < 4.78 is 44.4. The van der Waals surface area contributed by atoms with Crippen molar-refractivity contribution >= 4 is 5.96 Å². The van der Waals surface area contributed by atoms with Crippen LogP contribution in [0.2, 0.25) is 0 Å². The molecule has 0 radical (unpaired) electrons. The summed E-state index contributed by atoms with van der Waals surface area (Å²) in [5.41, 5.74) is -0.120. The van der Waals surface area contributed by atoms with Gasteiger partial charge in [0.1, 0.15) is 18.3 Å². The molecule has 1 aromatic rings. The van der Waals surface area contributed by atoms with Gasteiger partial charge in [0.15, 0.2) is 5.96 Å². The highest BCUT2D eigenvalue weighted by Crippen LogP contribution is 2.25. The largest absolute Gasteiger partial charge is 0.443 e. The van der Waals surface area contributed by atoms with E-state index in [0.717, 1.165) is 5.76 Å². The topological polar surface area (TPSA) is 56.9 Å². The molecular weight excluding hydrogens is 359 g/mol. The number of aliphatic imine (C=N–C) groups is 1. The third kappa shape index (κ3) is 5.85. The molecule has 2 rings (SSSR count). The summed E-state index contributed by atoms with van der Waals surface area (Å²) in [6.45, 7) is 12.0. The maximum Gasteiger partial charge on any atom is 0.403 e. The molecule has 1 N–H and O–H groups in total. The molecule has 2 heterocycles. The van der Waals surface area contributed by atoms with Crippen molar-refractivity contribution in [2.24, 2.45) is 4.99 Å². The number of aromatic nitrogens is 1. The second-order valence-corrected chi connectivity index (χ2v) is 7.78. The SMILES string of the molecule is CCNC(=NCc1ncc(C(C)(C)C)o1)N1CCN(C(C)C(F)(F)F)CC1. The Balaban J connectivity index is 1.99. The van der Waals surface area contributed by atoms with E-state index in [0.29, 0.717) is 44.6 Å². The highest BCUT2D eigenvalue weighted by molar-refractivity contribution is 5.80. The van der Waals surface area contributed by atoms with E-state index in [-0.39, 0.29) is 12.0 Å². The smallest absolute Gasteiger partial charge is 0.403 e. The van der Waals surface area contributed by atoms with E-state index in [9.17, 15) is 13.2 Å². The number of hydrogen-bond acceptors (Lipinski definition) is 4. The molecule has 1 aliphatic rings. The Hall–Kier alpha value is -1.77. The van der Waals surface area contributed by atoms with Crippen LogP contribution >= 0.6 is 0 Å². The lowest BCUT2D eigenvalue weighted by Crippen LogP contribution is -2.56. The molecular formula is C18H30F3N5O. The summed E-state index contributed by atoms with van der Waals surface area (Å²) in [5, 5.41) is 3.20. The number of piperazine rings is 1. The first-order valence-electron chi connectivity index (χ1n) is 9.31. The quantitative estimate of drug-likeness (QED) is 0.634. The molecule has 154 valence electrons. The molecule has 0 bridgehead atoms. The summed E-state index contributed by atoms with van der Waals surface area (Å²) in [5.74, 6) is 2.00. The summed E-state index contributed by atoms with van der Waals surface area (Å²) in [7, 11) is 0. The second-order valence-electron chi connectivity index (χ2n) is 7.78. The maximum absolute atomic E-state index is 12.9. The summed E-state index contributed by atoms with van der Waals surface area (Å²) >= 11 is 0. The van der Waals surface area contributed by atoms with Crippen LogP contribution in [-0.2, 0) is 12.0 Å². The number of rotatable bonds is 4. The summed E-state index contributed by atoms with van der Waals surface area (Å²) in [4.78, 5) is 12.3. The zero-order valence-electron chi connectivity index (χ0n) is 16.7. The molecule has 0 aromatic carbocycles. The second kappa shape index (κ2) is 8.50.